The number of ether oxygens (including phenoxy) is 1. The molecule has 132 valence electrons. The molecule has 0 spiro atoms. The van der Waals surface area contributed by atoms with Crippen molar-refractivity contribution in [2.45, 2.75) is 12.8 Å². The van der Waals surface area contributed by atoms with E-state index in [9.17, 15) is 13.2 Å². The largest absolute Gasteiger partial charge is 0.494 e. The molecule has 0 radical (unpaired) electrons. The summed E-state index contributed by atoms with van der Waals surface area (Å²) >= 11 is 0. The highest BCUT2D eigenvalue weighted by Crippen LogP contribution is 2.34. The van der Waals surface area contributed by atoms with Crippen LogP contribution in [0.3, 0.4) is 0 Å². The second kappa shape index (κ2) is 7.10. The van der Waals surface area contributed by atoms with Gasteiger partial charge in [-0.1, -0.05) is 0 Å². The number of hydrogen-bond acceptors (Lipinski definition) is 5. The van der Waals surface area contributed by atoms with Crippen molar-refractivity contribution < 1.29 is 17.9 Å². The van der Waals surface area contributed by atoms with Gasteiger partial charge < -0.3 is 10.1 Å². The van der Waals surface area contributed by atoms with Gasteiger partial charge in [0.05, 0.1) is 24.1 Å². The Labute approximate surface area is 146 Å². The first kappa shape index (κ1) is 17.2. The van der Waals surface area contributed by atoms with Crippen LogP contribution >= 0.6 is 0 Å². The van der Waals surface area contributed by atoms with Crippen LogP contribution in [0.4, 0.5) is 11.4 Å². The van der Waals surface area contributed by atoms with Gasteiger partial charge in [-0.25, -0.2) is 8.42 Å². The van der Waals surface area contributed by atoms with Crippen molar-refractivity contribution in [3.05, 3.63) is 48.3 Å². The number of aromatic nitrogens is 1. The maximum Gasteiger partial charge on any atom is 0.257 e. The number of benzene rings is 1. The monoisotopic (exact) mass is 361 g/mol. The molecular formula is C17H19N3O4S. The van der Waals surface area contributed by atoms with E-state index in [4.69, 9.17) is 4.74 Å². The zero-order valence-electron chi connectivity index (χ0n) is 13.8. The zero-order valence-corrected chi connectivity index (χ0v) is 14.6. The Morgan fingerprint density at radius 1 is 1.28 bits per heavy atom. The Balaban J connectivity index is 1.86. The summed E-state index contributed by atoms with van der Waals surface area (Å²) in [6.45, 7) is 0.431. The van der Waals surface area contributed by atoms with Crippen molar-refractivity contribution in [3.63, 3.8) is 0 Å². The summed E-state index contributed by atoms with van der Waals surface area (Å²) in [6.07, 6.45) is 4.54. The number of hydrogen-bond donors (Lipinski definition) is 1. The van der Waals surface area contributed by atoms with Crippen molar-refractivity contribution in [1.82, 2.24) is 4.98 Å². The molecular weight excluding hydrogens is 342 g/mol. The minimum absolute atomic E-state index is 0.135. The SMILES string of the molecule is COc1cc(NC(=O)c2cccnc2)ccc1N1CCCCS1(=O)=O. The first-order chi connectivity index (χ1) is 12.0. The predicted octanol–water partition coefficient (Wildman–Crippen LogP) is 2.27. The van der Waals surface area contributed by atoms with E-state index >= 15 is 0 Å². The lowest BCUT2D eigenvalue weighted by molar-refractivity contribution is 0.102. The average Bonchev–Trinajstić information content (AvgIpc) is 2.62. The molecule has 1 fully saturated rings. The summed E-state index contributed by atoms with van der Waals surface area (Å²) in [6, 6.07) is 8.28. The van der Waals surface area contributed by atoms with Gasteiger partial charge >= 0.3 is 0 Å². The lowest BCUT2D eigenvalue weighted by Crippen LogP contribution is -2.38. The number of rotatable bonds is 4. The number of pyridine rings is 1. The predicted molar refractivity (Wildman–Crippen MR) is 95.6 cm³/mol. The van der Waals surface area contributed by atoms with Gasteiger partial charge in [0.2, 0.25) is 10.0 Å². The van der Waals surface area contributed by atoms with Crippen LogP contribution < -0.4 is 14.4 Å². The fourth-order valence-electron chi connectivity index (χ4n) is 2.72. The van der Waals surface area contributed by atoms with Gasteiger partial charge in [-0.05, 0) is 37.1 Å². The van der Waals surface area contributed by atoms with Crippen molar-refractivity contribution in [1.29, 1.82) is 0 Å². The van der Waals surface area contributed by atoms with Crippen molar-refractivity contribution in [3.8, 4) is 5.75 Å². The highest BCUT2D eigenvalue weighted by atomic mass is 32.2. The third-order valence-corrected chi connectivity index (χ3v) is 5.83. The van der Waals surface area contributed by atoms with Crippen LogP contribution in [0.15, 0.2) is 42.7 Å². The van der Waals surface area contributed by atoms with E-state index in [0.29, 0.717) is 35.7 Å². The second-order valence-electron chi connectivity index (χ2n) is 5.68. The van der Waals surface area contributed by atoms with Crippen LogP contribution in [0.25, 0.3) is 0 Å². The maximum atomic E-state index is 12.3. The minimum atomic E-state index is -3.33. The molecule has 3 rings (SSSR count). The van der Waals surface area contributed by atoms with Gasteiger partial charge in [0.25, 0.3) is 5.91 Å². The van der Waals surface area contributed by atoms with Gasteiger partial charge in [0, 0.05) is 30.7 Å². The van der Waals surface area contributed by atoms with Gasteiger partial charge in [-0.15, -0.1) is 0 Å². The lowest BCUT2D eigenvalue weighted by Gasteiger charge is -2.29. The summed E-state index contributed by atoms with van der Waals surface area (Å²) in [7, 11) is -1.86. The van der Waals surface area contributed by atoms with Crippen LogP contribution in [0.2, 0.25) is 0 Å². The van der Waals surface area contributed by atoms with Crippen molar-refractivity contribution in [2.75, 3.05) is 29.0 Å². The topological polar surface area (TPSA) is 88.6 Å². The third-order valence-electron chi connectivity index (χ3n) is 3.98. The van der Waals surface area contributed by atoms with Gasteiger partial charge in [-0.2, -0.15) is 0 Å². The number of anilines is 2. The molecule has 8 heteroatoms. The Bertz CT molecular complexity index is 869. The molecule has 2 aromatic rings. The van der Waals surface area contributed by atoms with Gasteiger partial charge in [0.15, 0.2) is 0 Å². The van der Waals surface area contributed by atoms with Crippen LogP contribution in [-0.2, 0) is 10.0 Å². The lowest BCUT2D eigenvalue weighted by atomic mass is 10.2. The third kappa shape index (κ3) is 3.74. The number of methoxy groups -OCH3 is 1. The summed E-state index contributed by atoms with van der Waals surface area (Å²) in [4.78, 5) is 16.1. The van der Waals surface area contributed by atoms with Crippen LogP contribution in [-0.4, -0.2) is 38.7 Å². The molecule has 1 aliphatic rings. The maximum absolute atomic E-state index is 12.3. The second-order valence-corrected chi connectivity index (χ2v) is 7.69. The highest BCUT2D eigenvalue weighted by molar-refractivity contribution is 7.92. The van der Waals surface area contributed by atoms with Crippen LogP contribution in [0.1, 0.15) is 23.2 Å². The molecule has 0 saturated carbocycles. The molecule has 1 aliphatic heterocycles. The summed E-state index contributed by atoms with van der Waals surface area (Å²) in [5, 5.41) is 2.76. The Kier molecular flexibility index (Phi) is 4.89. The highest BCUT2D eigenvalue weighted by Gasteiger charge is 2.28. The summed E-state index contributed by atoms with van der Waals surface area (Å²) in [5.41, 5.74) is 1.44. The number of sulfonamides is 1. The van der Waals surface area contributed by atoms with E-state index in [1.165, 1.54) is 17.6 Å². The van der Waals surface area contributed by atoms with E-state index in [1.54, 1.807) is 36.5 Å². The molecule has 0 atom stereocenters. The molecule has 1 N–H and O–H groups in total. The smallest absolute Gasteiger partial charge is 0.257 e. The molecule has 1 aromatic carbocycles. The van der Waals surface area contributed by atoms with E-state index in [0.717, 1.165) is 6.42 Å². The normalized spacial score (nSPS) is 16.3. The number of amides is 1. The number of carbonyl (C=O) groups excluding carboxylic acids is 1. The summed E-state index contributed by atoms with van der Waals surface area (Å²) in [5.74, 6) is 0.235. The molecule has 1 aromatic heterocycles. The Hall–Kier alpha value is -2.61. The van der Waals surface area contributed by atoms with E-state index in [2.05, 4.69) is 10.3 Å². The van der Waals surface area contributed by atoms with Crippen molar-refractivity contribution >= 4 is 27.3 Å². The van der Waals surface area contributed by atoms with Crippen LogP contribution in [0.5, 0.6) is 5.75 Å². The Morgan fingerprint density at radius 2 is 2.12 bits per heavy atom. The zero-order chi connectivity index (χ0) is 17.9. The molecule has 25 heavy (non-hydrogen) atoms. The van der Waals surface area contributed by atoms with E-state index in [-0.39, 0.29) is 11.7 Å². The van der Waals surface area contributed by atoms with Gasteiger partial charge in [0.1, 0.15) is 5.75 Å². The molecule has 1 amide bonds. The Morgan fingerprint density at radius 3 is 2.80 bits per heavy atom. The fourth-order valence-corrected chi connectivity index (χ4v) is 4.37. The molecule has 0 unspecified atom stereocenters. The molecule has 2 heterocycles. The first-order valence-corrected chi connectivity index (χ1v) is 9.52. The first-order valence-electron chi connectivity index (χ1n) is 7.91. The summed E-state index contributed by atoms with van der Waals surface area (Å²) < 4.78 is 31.3. The fraction of sp³-hybridized carbons (Fsp3) is 0.294. The van der Waals surface area contributed by atoms with Crippen LogP contribution in [0, 0.1) is 0 Å². The number of nitrogens with zero attached hydrogens (tertiary/aromatic N) is 2. The molecule has 0 aliphatic carbocycles. The minimum Gasteiger partial charge on any atom is -0.494 e. The van der Waals surface area contributed by atoms with E-state index < -0.39 is 10.0 Å². The number of carbonyl (C=O) groups is 1. The average molecular weight is 361 g/mol. The molecule has 1 saturated heterocycles. The standard InChI is InChI=1S/C17H19N3O4S/c1-24-16-11-14(19-17(21)13-5-4-8-18-12-13)6-7-15(16)20-9-2-3-10-25(20,22)23/h4-8,11-12H,2-3,9-10H2,1H3,(H,19,21). The number of nitrogens with one attached hydrogen (secondary N) is 1. The van der Waals surface area contributed by atoms with E-state index in [1.807, 2.05) is 0 Å². The molecule has 7 nitrogen and oxygen atoms in total. The molecule has 0 bridgehead atoms. The van der Waals surface area contributed by atoms with Gasteiger partial charge in [-0.3, -0.25) is 14.1 Å². The van der Waals surface area contributed by atoms with Crippen molar-refractivity contribution in [2.24, 2.45) is 0 Å². The quantitative estimate of drug-likeness (QED) is 0.902.